The van der Waals surface area contributed by atoms with E-state index in [1.54, 1.807) is 6.20 Å². The van der Waals surface area contributed by atoms with Gasteiger partial charge in [0, 0.05) is 37.9 Å². The Bertz CT molecular complexity index is 841. The van der Waals surface area contributed by atoms with Crippen molar-refractivity contribution in [2.24, 2.45) is 0 Å². The molecule has 0 bridgehead atoms. The van der Waals surface area contributed by atoms with E-state index in [9.17, 15) is 22.8 Å². The Balaban J connectivity index is 2.04. The summed E-state index contributed by atoms with van der Waals surface area (Å²) >= 11 is 0. The Labute approximate surface area is 160 Å². The first-order valence-corrected chi connectivity index (χ1v) is 8.92. The van der Waals surface area contributed by atoms with Crippen LogP contribution < -0.4 is 10.6 Å². The molecule has 0 spiro atoms. The molecule has 0 saturated heterocycles. The molecule has 0 aliphatic rings. The topological polar surface area (TPSA) is 93.8 Å². The van der Waals surface area contributed by atoms with Gasteiger partial charge in [0.05, 0.1) is 5.69 Å². The van der Waals surface area contributed by atoms with Gasteiger partial charge in [0.25, 0.3) is 5.91 Å². The summed E-state index contributed by atoms with van der Waals surface area (Å²) in [6.07, 6.45) is -2.34. The van der Waals surface area contributed by atoms with Crippen molar-refractivity contribution in [1.82, 2.24) is 24.9 Å². The summed E-state index contributed by atoms with van der Waals surface area (Å²) in [5.74, 6) is -0.856. The van der Waals surface area contributed by atoms with Crippen LogP contribution in [0.25, 0.3) is 0 Å². The van der Waals surface area contributed by atoms with Crippen LogP contribution in [0.3, 0.4) is 0 Å². The number of nitrogens with one attached hydrogen (secondary N) is 2. The van der Waals surface area contributed by atoms with E-state index in [0.717, 1.165) is 17.2 Å². The van der Waals surface area contributed by atoms with Crippen LogP contribution in [-0.2, 0) is 24.1 Å². The van der Waals surface area contributed by atoms with E-state index in [1.165, 1.54) is 11.6 Å². The average Bonchev–Trinajstić information content (AvgIpc) is 3.21. The molecule has 2 heterocycles. The Morgan fingerprint density at radius 2 is 1.93 bits per heavy atom. The predicted molar refractivity (Wildman–Crippen MR) is 95.7 cm³/mol. The van der Waals surface area contributed by atoms with Gasteiger partial charge in [-0.1, -0.05) is 6.92 Å². The molecule has 2 aromatic heterocycles. The summed E-state index contributed by atoms with van der Waals surface area (Å²) in [6.45, 7) is 6.21. The number of halogens is 3. The molecule has 2 aromatic rings. The first-order chi connectivity index (χ1) is 13.2. The number of anilines is 1. The Morgan fingerprint density at radius 1 is 1.21 bits per heavy atom. The van der Waals surface area contributed by atoms with Crippen molar-refractivity contribution in [1.29, 1.82) is 0 Å². The molecule has 0 radical (unpaired) electrons. The molecule has 0 saturated carbocycles. The van der Waals surface area contributed by atoms with Crippen LogP contribution in [0.1, 0.15) is 48.6 Å². The van der Waals surface area contributed by atoms with Gasteiger partial charge in [0.15, 0.2) is 11.4 Å². The first-order valence-electron chi connectivity index (χ1n) is 8.92. The number of carbonyl (C=O) groups excluding carboxylic acids is 2. The van der Waals surface area contributed by atoms with E-state index in [1.807, 2.05) is 13.8 Å². The second-order valence-corrected chi connectivity index (χ2v) is 6.19. The molecule has 0 aliphatic carbocycles. The maximum absolute atomic E-state index is 12.7. The molecular weight excluding hydrogens is 377 g/mol. The standard InChI is InChI=1S/C17H23F3N6O2/c1-4-7-21-16(28)15-12(10-25(5-2)24-15)22-14(27)6-8-26-11(3)9-13(23-26)17(18,19)20/h9-10H,4-8H2,1-3H3,(H,21,28)(H,22,27). The van der Waals surface area contributed by atoms with E-state index < -0.39 is 23.7 Å². The van der Waals surface area contributed by atoms with Gasteiger partial charge in [-0.25, -0.2) is 0 Å². The summed E-state index contributed by atoms with van der Waals surface area (Å²) in [5, 5.41) is 12.9. The summed E-state index contributed by atoms with van der Waals surface area (Å²) in [6, 6.07) is 0.930. The van der Waals surface area contributed by atoms with Crippen LogP contribution in [0.5, 0.6) is 0 Å². The number of rotatable bonds is 8. The van der Waals surface area contributed by atoms with Gasteiger partial charge in [-0.15, -0.1) is 0 Å². The summed E-state index contributed by atoms with van der Waals surface area (Å²) in [5.41, 5.74) is -0.338. The maximum Gasteiger partial charge on any atom is 0.435 e. The molecule has 28 heavy (non-hydrogen) atoms. The molecule has 8 nitrogen and oxygen atoms in total. The number of nitrogens with zero attached hydrogens (tertiary/aromatic N) is 4. The molecule has 154 valence electrons. The number of hydrogen-bond donors (Lipinski definition) is 2. The molecule has 2 rings (SSSR count). The van der Waals surface area contributed by atoms with Crippen molar-refractivity contribution in [3.05, 3.63) is 29.3 Å². The lowest BCUT2D eigenvalue weighted by atomic mass is 10.3. The third-order valence-corrected chi connectivity index (χ3v) is 3.93. The molecule has 0 aromatic carbocycles. The Kier molecular flexibility index (Phi) is 6.81. The van der Waals surface area contributed by atoms with Crippen molar-refractivity contribution < 1.29 is 22.8 Å². The highest BCUT2D eigenvalue weighted by Crippen LogP contribution is 2.28. The molecule has 0 aliphatic heterocycles. The van der Waals surface area contributed by atoms with Crippen LogP contribution in [0, 0.1) is 6.92 Å². The van der Waals surface area contributed by atoms with Crippen LogP contribution in [-0.4, -0.2) is 37.9 Å². The Hall–Kier alpha value is -2.85. The van der Waals surface area contributed by atoms with Crippen LogP contribution in [0.2, 0.25) is 0 Å². The lowest BCUT2D eigenvalue weighted by Crippen LogP contribution is -2.26. The third kappa shape index (κ3) is 5.33. The van der Waals surface area contributed by atoms with E-state index in [2.05, 4.69) is 20.8 Å². The van der Waals surface area contributed by atoms with E-state index in [4.69, 9.17) is 0 Å². The SMILES string of the molecule is CCCNC(=O)c1nn(CC)cc1NC(=O)CCn1nc(C(F)(F)F)cc1C. The quantitative estimate of drug-likeness (QED) is 0.712. The zero-order chi connectivity index (χ0) is 20.9. The van der Waals surface area contributed by atoms with Crippen molar-refractivity contribution in [2.75, 3.05) is 11.9 Å². The van der Waals surface area contributed by atoms with Gasteiger partial charge in [-0.05, 0) is 26.3 Å². The highest BCUT2D eigenvalue weighted by Gasteiger charge is 2.34. The lowest BCUT2D eigenvalue weighted by molar-refractivity contribution is -0.141. The maximum atomic E-state index is 12.7. The zero-order valence-electron chi connectivity index (χ0n) is 15.9. The second-order valence-electron chi connectivity index (χ2n) is 6.19. The number of carbonyl (C=O) groups is 2. The van der Waals surface area contributed by atoms with Gasteiger partial charge < -0.3 is 10.6 Å². The zero-order valence-corrected chi connectivity index (χ0v) is 15.9. The van der Waals surface area contributed by atoms with Crippen molar-refractivity contribution in [3.63, 3.8) is 0 Å². The summed E-state index contributed by atoms with van der Waals surface area (Å²) in [7, 11) is 0. The number of alkyl halides is 3. The number of hydrogen-bond acceptors (Lipinski definition) is 4. The Morgan fingerprint density at radius 3 is 2.50 bits per heavy atom. The smallest absolute Gasteiger partial charge is 0.351 e. The van der Waals surface area contributed by atoms with Gasteiger partial charge in [0.1, 0.15) is 0 Å². The van der Waals surface area contributed by atoms with Crippen LogP contribution in [0.15, 0.2) is 12.3 Å². The fraction of sp³-hybridized carbons (Fsp3) is 0.529. The van der Waals surface area contributed by atoms with Gasteiger partial charge in [-0.2, -0.15) is 23.4 Å². The first kappa shape index (κ1) is 21.5. The van der Waals surface area contributed by atoms with Gasteiger partial charge in [0.2, 0.25) is 5.91 Å². The van der Waals surface area contributed by atoms with Crippen molar-refractivity contribution in [3.8, 4) is 0 Å². The van der Waals surface area contributed by atoms with E-state index >= 15 is 0 Å². The fourth-order valence-corrected chi connectivity index (χ4v) is 2.46. The fourth-order valence-electron chi connectivity index (χ4n) is 2.46. The largest absolute Gasteiger partial charge is 0.435 e. The molecule has 0 fully saturated rings. The highest BCUT2D eigenvalue weighted by atomic mass is 19.4. The summed E-state index contributed by atoms with van der Waals surface area (Å²) < 4.78 is 40.8. The molecule has 2 N–H and O–H groups in total. The monoisotopic (exact) mass is 400 g/mol. The van der Waals surface area contributed by atoms with Crippen molar-refractivity contribution in [2.45, 2.75) is 52.9 Å². The molecular formula is C17H23F3N6O2. The van der Waals surface area contributed by atoms with E-state index in [0.29, 0.717) is 18.8 Å². The third-order valence-electron chi connectivity index (χ3n) is 3.93. The number of aromatic nitrogens is 4. The number of aryl methyl sites for hydroxylation is 3. The minimum Gasteiger partial charge on any atom is -0.351 e. The van der Waals surface area contributed by atoms with Crippen LogP contribution >= 0.6 is 0 Å². The molecule has 0 unspecified atom stereocenters. The molecule has 11 heteroatoms. The second kappa shape index (κ2) is 8.89. The van der Waals surface area contributed by atoms with Crippen molar-refractivity contribution >= 4 is 17.5 Å². The molecule has 0 atom stereocenters. The van der Waals surface area contributed by atoms with Gasteiger partial charge in [-0.3, -0.25) is 19.0 Å². The molecule has 2 amide bonds. The van der Waals surface area contributed by atoms with E-state index in [-0.39, 0.29) is 24.3 Å². The lowest BCUT2D eigenvalue weighted by Gasteiger charge is -2.07. The van der Waals surface area contributed by atoms with Crippen LogP contribution in [0.4, 0.5) is 18.9 Å². The highest BCUT2D eigenvalue weighted by molar-refractivity contribution is 6.02. The minimum atomic E-state index is -4.53. The minimum absolute atomic E-state index is 0.0208. The summed E-state index contributed by atoms with van der Waals surface area (Å²) in [4.78, 5) is 24.4. The average molecular weight is 400 g/mol. The number of amides is 2. The van der Waals surface area contributed by atoms with Gasteiger partial charge >= 0.3 is 6.18 Å². The predicted octanol–water partition coefficient (Wildman–Crippen LogP) is 2.60. The normalized spacial score (nSPS) is 11.5.